The number of hydrogen-bond donors (Lipinski definition) is 1. The Hall–Kier alpha value is -2.80. The average molecular weight is 382 g/mol. The average Bonchev–Trinajstić information content (AvgIpc) is 3.09. The predicted octanol–water partition coefficient (Wildman–Crippen LogP) is 4.05. The molecule has 0 fully saturated rings. The van der Waals surface area contributed by atoms with Crippen LogP contribution in [-0.4, -0.2) is 48.7 Å². The lowest BCUT2D eigenvalue weighted by molar-refractivity contribution is 0.150. The van der Waals surface area contributed by atoms with Crippen molar-refractivity contribution < 1.29 is 9.53 Å². The van der Waals surface area contributed by atoms with Crippen LogP contribution in [0.4, 0.5) is 15.6 Å². The van der Waals surface area contributed by atoms with Gasteiger partial charge in [-0.15, -0.1) is 0 Å². The van der Waals surface area contributed by atoms with Gasteiger partial charge in [-0.25, -0.2) is 9.78 Å². The van der Waals surface area contributed by atoms with Gasteiger partial charge in [-0.3, -0.25) is 5.32 Å². The lowest BCUT2D eigenvalue weighted by Gasteiger charge is -2.37. The quantitative estimate of drug-likeness (QED) is 0.740. The van der Waals surface area contributed by atoms with Gasteiger partial charge >= 0.3 is 6.03 Å². The smallest absolute Gasteiger partial charge is 0.323 e. The maximum atomic E-state index is 12.6. The molecule has 4 rings (SSSR count). The van der Waals surface area contributed by atoms with Crippen LogP contribution < -0.4 is 15.0 Å². The molecule has 0 aliphatic carbocycles. The maximum Gasteiger partial charge on any atom is 0.323 e. The third-order valence-electron chi connectivity index (χ3n) is 4.64. The number of para-hydroxylation sites is 3. The predicted molar refractivity (Wildman–Crippen MR) is 110 cm³/mol. The van der Waals surface area contributed by atoms with E-state index < -0.39 is 0 Å². The van der Waals surface area contributed by atoms with Gasteiger partial charge in [-0.05, 0) is 31.2 Å². The van der Waals surface area contributed by atoms with E-state index in [0.29, 0.717) is 11.7 Å². The van der Waals surface area contributed by atoms with E-state index in [0.717, 1.165) is 34.7 Å². The summed E-state index contributed by atoms with van der Waals surface area (Å²) in [6.45, 7) is 4.29. The maximum absolute atomic E-state index is 12.6. The zero-order valence-electron chi connectivity index (χ0n) is 15.4. The number of carbonyl (C=O) groups is 1. The van der Waals surface area contributed by atoms with Crippen molar-refractivity contribution in [3.05, 3.63) is 48.5 Å². The van der Waals surface area contributed by atoms with Gasteiger partial charge in [0, 0.05) is 13.6 Å². The van der Waals surface area contributed by atoms with Gasteiger partial charge in [0.1, 0.15) is 11.9 Å². The largest absolute Gasteiger partial charge is 0.485 e. The van der Waals surface area contributed by atoms with E-state index in [1.54, 1.807) is 11.9 Å². The second-order valence-corrected chi connectivity index (χ2v) is 7.57. The number of urea groups is 1. The highest BCUT2D eigenvalue weighted by atomic mass is 32.1. The van der Waals surface area contributed by atoms with Crippen LogP contribution in [0.15, 0.2) is 48.5 Å². The van der Waals surface area contributed by atoms with Gasteiger partial charge in [0.05, 0.1) is 29.0 Å². The summed E-state index contributed by atoms with van der Waals surface area (Å²) in [6.07, 6.45) is -0.0778. The number of thiazole rings is 1. The number of nitrogens with one attached hydrogen (secondary N) is 1. The van der Waals surface area contributed by atoms with Crippen LogP contribution in [0.25, 0.3) is 10.2 Å². The van der Waals surface area contributed by atoms with Crippen LogP contribution in [0.3, 0.4) is 0 Å². The molecule has 2 heterocycles. The molecule has 1 aromatic heterocycles. The molecule has 0 saturated carbocycles. The fourth-order valence-electron chi connectivity index (χ4n) is 3.27. The Morgan fingerprint density at radius 1 is 1.30 bits per heavy atom. The van der Waals surface area contributed by atoms with Gasteiger partial charge in [0.2, 0.25) is 0 Å². The van der Waals surface area contributed by atoms with E-state index in [1.165, 1.54) is 11.3 Å². The molecule has 0 radical (unpaired) electrons. The Bertz CT molecular complexity index is 925. The van der Waals surface area contributed by atoms with Crippen LogP contribution in [-0.2, 0) is 0 Å². The molecule has 1 aliphatic heterocycles. The molecule has 0 unspecified atom stereocenters. The molecule has 140 valence electrons. The SMILES string of the molecule is CCN1C[C@H](CN(C)C(=O)Nc2nc3ccccc3s2)Oc2ccccc21. The molecular weight excluding hydrogens is 360 g/mol. The number of rotatable bonds is 4. The third-order valence-corrected chi connectivity index (χ3v) is 5.59. The highest BCUT2D eigenvalue weighted by Gasteiger charge is 2.26. The molecule has 6 nitrogen and oxygen atoms in total. The first-order chi connectivity index (χ1) is 13.1. The van der Waals surface area contributed by atoms with E-state index >= 15 is 0 Å². The molecule has 1 atom stereocenters. The van der Waals surface area contributed by atoms with Crippen molar-refractivity contribution in [2.24, 2.45) is 0 Å². The first-order valence-corrected chi connectivity index (χ1v) is 9.84. The Morgan fingerprint density at radius 3 is 2.89 bits per heavy atom. The molecule has 0 bridgehead atoms. The summed E-state index contributed by atoms with van der Waals surface area (Å²) < 4.78 is 7.16. The van der Waals surface area contributed by atoms with Crippen LogP contribution in [0.5, 0.6) is 5.75 Å². The fourth-order valence-corrected chi connectivity index (χ4v) is 4.13. The number of aromatic nitrogens is 1. The van der Waals surface area contributed by atoms with Crippen molar-refractivity contribution in [1.29, 1.82) is 0 Å². The van der Waals surface area contributed by atoms with Crippen LogP contribution in [0.1, 0.15) is 6.92 Å². The van der Waals surface area contributed by atoms with Crippen LogP contribution in [0.2, 0.25) is 0 Å². The van der Waals surface area contributed by atoms with E-state index in [-0.39, 0.29) is 12.1 Å². The van der Waals surface area contributed by atoms with E-state index in [9.17, 15) is 4.79 Å². The number of nitrogens with zero attached hydrogens (tertiary/aromatic N) is 3. The van der Waals surface area contributed by atoms with Crippen molar-refractivity contribution in [2.75, 3.05) is 36.9 Å². The van der Waals surface area contributed by atoms with Gasteiger partial charge < -0.3 is 14.5 Å². The van der Waals surface area contributed by atoms with Gasteiger partial charge in [-0.2, -0.15) is 0 Å². The number of carbonyl (C=O) groups excluding carboxylic acids is 1. The number of ether oxygens (including phenoxy) is 1. The summed E-state index contributed by atoms with van der Waals surface area (Å²) in [7, 11) is 1.78. The van der Waals surface area contributed by atoms with Crippen molar-refractivity contribution in [1.82, 2.24) is 9.88 Å². The third kappa shape index (κ3) is 3.68. The van der Waals surface area contributed by atoms with Gasteiger partial charge in [0.15, 0.2) is 5.13 Å². The Kier molecular flexibility index (Phi) is 4.85. The van der Waals surface area contributed by atoms with Crippen molar-refractivity contribution in [3.8, 4) is 5.75 Å². The Balaban J connectivity index is 1.41. The van der Waals surface area contributed by atoms with Crippen molar-refractivity contribution in [2.45, 2.75) is 13.0 Å². The fraction of sp³-hybridized carbons (Fsp3) is 0.300. The first kappa shape index (κ1) is 17.6. The van der Waals surface area contributed by atoms with Crippen LogP contribution in [0, 0.1) is 0 Å². The normalized spacial score (nSPS) is 15.9. The Labute approximate surface area is 162 Å². The lowest BCUT2D eigenvalue weighted by atomic mass is 10.2. The van der Waals surface area contributed by atoms with Crippen molar-refractivity contribution in [3.63, 3.8) is 0 Å². The van der Waals surface area contributed by atoms with Gasteiger partial charge in [-0.1, -0.05) is 35.6 Å². The molecule has 7 heteroatoms. The zero-order chi connectivity index (χ0) is 18.8. The minimum Gasteiger partial charge on any atom is -0.485 e. The highest BCUT2D eigenvalue weighted by molar-refractivity contribution is 7.22. The topological polar surface area (TPSA) is 57.7 Å². The van der Waals surface area contributed by atoms with Crippen molar-refractivity contribution >= 4 is 38.4 Å². The van der Waals surface area contributed by atoms with Gasteiger partial charge in [0.25, 0.3) is 0 Å². The number of hydrogen-bond acceptors (Lipinski definition) is 5. The molecule has 2 aromatic carbocycles. The standard InChI is InChI=1S/C20H22N4O2S/c1-3-24-13-14(26-17-10-6-5-9-16(17)24)12-23(2)20(25)22-19-21-15-8-4-7-11-18(15)27-19/h4-11,14H,3,12-13H2,1-2H3,(H,21,22,25)/t14-/m0/s1. The number of fused-ring (bicyclic) bond motifs is 2. The first-order valence-electron chi connectivity index (χ1n) is 9.02. The highest BCUT2D eigenvalue weighted by Crippen LogP contribution is 2.33. The summed E-state index contributed by atoms with van der Waals surface area (Å²) >= 11 is 1.47. The number of benzene rings is 2. The number of anilines is 2. The molecule has 1 aliphatic rings. The zero-order valence-corrected chi connectivity index (χ0v) is 16.2. The minimum absolute atomic E-state index is 0.0778. The van der Waals surface area contributed by atoms with E-state index in [4.69, 9.17) is 4.74 Å². The second kappa shape index (κ2) is 7.44. The molecule has 0 spiro atoms. The van der Waals surface area contributed by atoms with E-state index in [2.05, 4.69) is 28.2 Å². The molecule has 3 aromatic rings. The second-order valence-electron chi connectivity index (χ2n) is 6.54. The summed E-state index contributed by atoms with van der Waals surface area (Å²) in [6, 6.07) is 15.7. The summed E-state index contributed by atoms with van der Waals surface area (Å²) in [4.78, 5) is 21.0. The van der Waals surface area contributed by atoms with E-state index in [1.807, 2.05) is 42.5 Å². The molecule has 0 saturated heterocycles. The molecule has 27 heavy (non-hydrogen) atoms. The monoisotopic (exact) mass is 382 g/mol. The number of likely N-dealkylation sites (N-methyl/N-ethyl adjacent to an activating group) is 2. The molecule has 2 amide bonds. The summed E-state index contributed by atoms with van der Waals surface area (Å²) in [5.74, 6) is 0.871. The van der Waals surface area contributed by atoms with Crippen LogP contribution >= 0.6 is 11.3 Å². The summed E-state index contributed by atoms with van der Waals surface area (Å²) in [5, 5.41) is 3.50. The lowest BCUT2D eigenvalue weighted by Crippen LogP contribution is -2.47. The summed E-state index contributed by atoms with van der Waals surface area (Å²) in [5.41, 5.74) is 2.00. The molecule has 1 N–H and O–H groups in total. The number of amides is 2. The minimum atomic E-state index is -0.181. The molecular formula is C20H22N4O2S. The Morgan fingerprint density at radius 2 is 2.07 bits per heavy atom.